The third-order valence-corrected chi connectivity index (χ3v) is 5.44. The summed E-state index contributed by atoms with van der Waals surface area (Å²) in [6, 6.07) is 2.92. The molecule has 1 aromatic rings. The van der Waals surface area contributed by atoms with E-state index in [1.165, 1.54) is 18.2 Å². The number of nitrogens with zero attached hydrogens (tertiary/aromatic N) is 1. The summed E-state index contributed by atoms with van der Waals surface area (Å²) in [6.45, 7) is 2.94. The highest BCUT2D eigenvalue weighted by Crippen LogP contribution is 2.33. The summed E-state index contributed by atoms with van der Waals surface area (Å²) in [4.78, 5) is 11.0. The van der Waals surface area contributed by atoms with Gasteiger partial charge in [-0.05, 0) is 12.1 Å². The van der Waals surface area contributed by atoms with Gasteiger partial charge in [0.2, 0.25) is 15.9 Å². The number of hydrogen-bond donors (Lipinski definition) is 1. The molecule has 2 N–H and O–H groups in total. The summed E-state index contributed by atoms with van der Waals surface area (Å²) in [7, 11) is -3.86. The van der Waals surface area contributed by atoms with Gasteiger partial charge in [-0.3, -0.25) is 4.79 Å². The Morgan fingerprint density at radius 3 is 2.38 bits per heavy atom. The molecule has 1 amide bonds. The topological polar surface area (TPSA) is 80.5 Å². The largest absolute Gasteiger partial charge is 0.369 e. The van der Waals surface area contributed by atoms with Gasteiger partial charge in [0.05, 0.1) is 22.3 Å². The minimum absolute atomic E-state index is 0.0545. The molecule has 9 heteroatoms. The van der Waals surface area contributed by atoms with E-state index in [1.807, 2.05) is 0 Å². The van der Waals surface area contributed by atoms with Crippen LogP contribution in [-0.2, 0) is 20.6 Å². The van der Waals surface area contributed by atoms with Gasteiger partial charge in [0.25, 0.3) is 0 Å². The van der Waals surface area contributed by atoms with Crippen molar-refractivity contribution in [1.82, 2.24) is 4.31 Å². The quantitative estimate of drug-likeness (QED) is 0.590. The molecule has 1 rings (SSSR count). The van der Waals surface area contributed by atoms with E-state index < -0.39 is 28.2 Å². The number of carbonyl (C=O) groups excluding carboxylic acids is 1. The van der Waals surface area contributed by atoms with Crippen molar-refractivity contribution in [3.05, 3.63) is 45.4 Å². The maximum absolute atomic E-state index is 12.4. The number of amides is 1. The number of hydrogen-bond acceptors (Lipinski definition) is 3. The third kappa shape index (κ3) is 4.86. The number of rotatable bonds is 7. The van der Waals surface area contributed by atoms with Gasteiger partial charge in [-0.25, -0.2) is 8.42 Å². The number of carbonyl (C=O) groups is 1. The molecule has 0 unspecified atom stereocenters. The molecule has 0 bridgehead atoms. The molecular formula is C12H13Cl3N2O3S. The molecule has 5 nitrogen and oxygen atoms in total. The predicted molar refractivity (Wildman–Crippen MR) is 85.1 cm³/mol. The van der Waals surface area contributed by atoms with Crippen LogP contribution >= 0.6 is 34.8 Å². The number of sulfonamides is 1. The number of nitrogens with two attached hydrogens (primary N) is 1. The second-order valence-electron chi connectivity index (χ2n) is 4.13. The number of primary amides is 1. The van der Waals surface area contributed by atoms with Gasteiger partial charge < -0.3 is 5.73 Å². The van der Waals surface area contributed by atoms with E-state index in [-0.39, 0.29) is 27.2 Å². The highest BCUT2D eigenvalue weighted by Gasteiger charge is 2.25. The van der Waals surface area contributed by atoms with Crippen LogP contribution in [0.15, 0.2) is 24.8 Å². The first kappa shape index (κ1) is 18.3. The fourth-order valence-corrected chi connectivity index (χ4v) is 3.91. The maximum atomic E-state index is 12.4. The predicted octanol–water partition coefficient (Wildman–Crippen LogP) is 2.45. The van der Waals surface area contributed by atoms with Gasteiger partial charge >= 0.3 is 0 Å². The molecule has 0 aliphatic carbocycles. The lowest BCUT2D eigenvalue weighted by Crippen LogP contribution is -2.39. The van der Waals surface area contributed by atoms with Gasteiger partial charge in [0.15, 0.2) is 0 Å². The van der Waals surface area contributed by atoms with E-state index in [1.54, 1.807) is 0 Å². The summed E-state index contributed by atoms with van der Waals surface area (Å²) in [5.74, 6) is -1.27. The van der Waals surface area contributed by atoms with Crippen molar-refractivity contribution < 1.29 is 13.2 Å². The second kappa shape index (κ2) is 7.47. The van der Waals surface area contributed by atoms with E-state index in [2.05, 4.69) is 6.58 Å². The van der Waals surface area contributed by atoms with Crippen LogP contribution in [0.1, 0.15) is 5.56 Å². The van der Waals surface area contributed by atoms with Crippen LogP contribution < -0.4 is 5.73 Å². The normalized spacial score (nSPS) is 11.6. The van der Waals surface area contributed by atoms with Gasteiger partial charge in [-0.1, -0.05) is 40.9 Å². The molecule has 0 fully saturated rings. The Balaban J connectivity index is 3.17. The summed E-state index contributed by atoms with van der Waals surface area (Å²) in [6.07, 6.45) is 1.35. The van der Waals surface area contributed by atoms with Crippen LogP contribution in [0.4, 0.5) is 0 Å². The van der Waals surface area contributed by atoms with Crippen molar-refractivity contribution in [1.29, 1.82) is 0 Å². The minimum atomic E-state index is -3.86. The van der Waals surface area contributed by atoms with Crippen LogP contribution in [0.2, 0.25) is 15.1 Å². The van der Waals surface area contributed by atoms with Crippen LogP contribution in [0.25, 0.3) is 0 Å². The van der Waals surface area contributed by atoms with Crippen LogP contribution in [0.5, 0.6) is 0 Å². The van der Waals surface area contributed by atoms with E-state index in [4.69, 9.17) is 40.5 Å². The first-order valence-corrected chi connectivity index (χ1v) is 8.42. The van der Waals surface area contributed by atoms with Crippen LogP contribution in [-0.4, -0.2) is 31.7 Å². The second-order valence-corrected chi connectivity index (χ2v) is 7.29. The molecule has 0 aliphatic heterocycles. The zero-order chi connectivity index (χ0) is 16.2. The van der Waals surface area contributed by atoms with Crippen molar-refractivity contribution in [2.24, 2.45) is 5.73 Å². The third-order valence-electron chi connectivity index (χ3n) is 2.52. The molecule has 0 aromatic heterocycles. The molecule has 0 atom stereocenters. The minimum Gasteiger partial charge on any atom is -0.369 e. The molecule has 0 aliphatic rings. The lowest BCUT2D eigenvalue weighted by Gasteiger charge is -2.20. The average molecular weight is 372 g/mol. The fourth-order valence-electron chi connectivity index (χ4n) is 1.57. The Hall–Kier alpha value is -0.790. The van der Waals surface area contributed by atoms with Crippen molar-refractivity contribution in [3.63, 3.8) is 0 Å². The zero-order valence-electron chi connectivity index (χ0n) is 10.9. The first-order valence-electron chi connectivity index (χ1n) is 5.68. The Labute approximate surface area is 138 Å². The van der Waals surface area contributed by atoms with Gasteiger partial charge in [0.1, 0.15) is 0 Å². The van der Waals surface area contributed by atoms with Crippen molar-refractivity contribution in [3.8, 4) is 0 Å². The number of halogens is 3. The zero-order valence-corrected chi connectivity index (χ0v) is 13.9. The molecule has 1 aromatic carbocycles. The molecule has 0 spiro atoms. The molecule has 0 heterocycles. The Morgan fingerprint density at radius 2 is 1.86 bits per heavy atom. The standard InChI is InChI=1S/C12H13Cl3N2O3S/c1-2-5-17(6-11(16)18)21(19,20)7-8-9(13)3-4-10(14)12(8)15/h2-4H,1,5-7H2,(H2,16,18). The first-order chi connectivity index (χ1) is 9.69. The lowest BCUT2D eigenvalue weighted by molar-refractivity contribution is -0.118. The van der Waals surface area contributed by atoms with E-state index in [9.17, 15) is 13.2 Å². The van der Waals surface area contributed by atoms with Crippen LogP contribution in [0, 0.1) is 0 Å². The van der Waals surface area contributed by atoms with Gasteiger partial charge in [-0.15, -0.1) is 6.58 Å². The Kier molecular flexibility index (Phi) is 6.49. The van der Waals surface area contributed by atoms with E-state index in [0.29, 0.717) is 0 Å². The highest BCUT2D eigenvalue weighted by atomic mass is 35.5. The Bertz CT molecular complexity index is 662. The molecule has 0 saturated heterocycles. The van der Waals surface area contributed by atoms with E-state index in [0.717, 1.165) is 4.31 Å². The highest BCUT2D eigenvalue weighted by molar-refractivity contribution is 7.88. The number of benzene rings is 1. The smallest absolute Gasteiger partial charge is 0.232 e. The van der Waals surface area contributed by atoms with Gasteiger partial charge in [0, 0.05) is 17.1 Å². The SMILES string of the molecule is C=CCN(CC(N)=O)S(=O)(=O)Cc1c(Cl)ccc(Cl)c1Cl. The van der Waals surface area contributed by atoms with Crippen molar-refractivity contribution in [2.45, 2.75) is 5.75 Å². The molecule has 0 radical (unpaired) electrons. The van der Waals surface area contributed by atoms with Crippen molar-refractivity contribution >= 4 is 50.7 Å². The molecule has 116 valence electrons. The Morgan fingerprint density at radius 1 is 1.29 bits per heavy atom. The monoisotopic (exact) mass is 370 g/mol. The average Bonchev–Trinajstić information content (AvgIpc) is 2.38. The summed E-state index contributed by atoms with van der Waals surface area (Å²) in [5.41, 5.74) is 5.22. The van der Waals surface area contributed by atoms with Crippen LogP contribution in [0.3, 0.4) is 0 Å². The molecule has 0 saturated carbocycles. The maximum Gasteiger partial charge on any atom is 0.232 e. The van der Waals surface area contributed by atoms with E-state index >= 15 is 0 Å². The lowest BCUT2D eigenvalue weighted by atomic mass is 10.2. The summed E-state index contributed by atoms with van der Waals surface area (Å²) >= 11 is 17.8. The summed E-state index contributed by atoms with van der Waals surface area (Å²) < 4.78 is 25.6. The molecular weight excluding hydrogens is 359 g/mol. The fraction of sp³-hybridized carbons (Fsp3) is 0.250. The van der Waals surface area contributed by atoms with Crippen molar-refractivity contribution in [2.75, 3.05) is 13.1 Å². The summed E-state index contributed by atoms with van der Waals surface area (Å²) in [5, 5.41) is 0.424. The van der Waals surface area contributed by atoms with Gasteiger partial charge in [-0.2, -0.15) is 4.31 Å². The molecule has 21 heavy (non-hydrogen) atoms.